The summed E-state index contributed by atoms with van der Waals surface area (Å²) in [5, 5.41) is 1.18. The largest absolute Gasteiger partial charge is 0.440 e. The maximum absolute atomic E-state index is 7.52. The maximum atomic E-state index is 7.52. The van der Waals surface area contributed by atoms with E-state index in [0.717, 1.165) is 64.9 Å². The highest BCUT2D eigenvalue weighted by Crippen LogP contribution is 2.53. The van der Waals surface area contributed by atoms with Gasteiger partial charge in [0.05, 0.1) is 5.69 Å². The van der Waals surface area contributed by atoms with Gasteiger partial charge in [-0.1, -0.05) is 205 Å². The summed E-state index contributed by atoms with van der Waals surface area (Å²) in [5.74, 6) is 1.22. The van der Waals surface area contributed by atoms with Crippen LogP contribution in [0.25, 0.3) is 22.1 Å². The minimum Gasteiger partial charge on any atom is -0.440 e. The Morgan fingerprint density at radius 3 is 1.59 bits per heavy atom. The molecule has 2 aliphatic carbocycles. The van der Waals surface area contributed by atoms with Crippen LogP contribution in [0.15, 0.2) is 199 Å². The summed E-state index contributed by atoms with van der Waals surface area (Å²) in [6.07, 6.45) is 12.2. The number of hydrogen-bond donors (Lipinski definition) is 0. The van der Waals surface area contributed by atoms with Crippen LogP contribution < -0.4 is 31.1 Å². The molecular weight excluding hydrogens is 982 g/mol. The highest BCUT2D eigenvalue weighted by atomic mass is 16.4. The Morgan fingerprint density at radius 2 is 1.02 bits per heavy atom. The molecule has 13 rings (SSSR count). The summed E-state index contributed by atoms with van der Waals surface area (Å²) in [6, 6.07) is 65.3. The van der Waals surface area contributed by atoms with Gasteiger partial charge < -0.3 is 14.2 Å². The topological polar surface area (TPSA) is 22.9 Å². The van der Waals surface area contributed by atoms with Crippen molar-refractivity contribution in [2.75, 3.05) is 14.7 Å². The van der Waals surface area contributed by atoms with E-state index in [4.69, 9.17) is 4.42 Å². The molecule has 9 aromatic rings. The minimum absolute atomic E-state index is 0.0129. The van der Waals surface area contributed by atoms with Crippen LogP contribution in [0.1, 0.15) is 149 Å². The van der Waals surface area contributed by atoms with Crippen LogP contribution in [0, 0.1) is 0 Å². The fourth-order valence-corrected chi connectivity index (χ4v) is 13.5. The van der Waals surface area contributed by atoms with E-state index in [2.05, 4.69) is 299 Å². The number of furan rings is 1. The Labute approximate surface area is 482 Å². The predicted octanol–water partition coefficient (Wildman–Crippen LogP) is 19.5. The lowest BCUT2D eigenvalue weighted by Crippen LogP contribution is -2.61. The molecule has 8 aromatic carbocycles. The molecule has 5 heteroatoms. The normalized spacial score (nSPS) is 17.0. The van der Waals surface area contributed by atoms with E-state index in [9.17, 15) is 0 Å². The Bertz CT molecular complexity index is 3950. The van der Waals surface area contributed by atoms with E-state index in [1.54, 1.807) is 0 Å². The summed E-state index contributed by atoms with van der Waals surface area (Å²) in [5.41, 5.74) is 24.0. The van der Waals surface area contributed by atoms with Crippen molar-refractivity contribution in [2.24, 2.45) is 0 Å². The molecule has 2 aliphatic heterocycles. The third-order valence-electron chi connectivity index (χ3n) is 18.5. The Hall–Kier alpha value is -7.76. The van der Waals surface area contributed by atoms with Crippen LogP contribution in [-0.4, -0.2) is 6.71 Å². The third kappa shape index (κ3) is 9.07. The first-order valence-corrected chi connectivity index (χ1v) is 29.7. The predicted molar refractivity (Wildman–Crippen MR) is 347 cm³/mol. The molecule has 0 bridgehead atoms. The molecule has 0 saturated carbocycles. The van der Waals surface area contributed by atoms with E-state index in [-0.39, 0.29) is 33.8 Å². The second-order valence-corrected chi connectivity index (χ2v) is 28.1. The van der Waals surface area contributed by atoms with Crippen molar-refractivity contribution in [3.05, 3.63) is 228 Å². The lowest BCUT2D eigenvalue weighted by Gasteiger charge is -2.47. The van der Waals surface area contributed by atoms with Crippen LogP contribution in [0.5, 0.6) is 0 Å². The highest BCUT2D eigenvalue weighted by molar-refractivity contribution is 7.01. The van der Waals surface area contributed by atoms with Crippen LogP contribution in [0.4, 0.5) is 51.4 Å². The monoisotopic (exact) mass is 1060 g/mol. The number of rotatable bonds is 7. The molecule has 1 aromatic heterocycles. The van der Waals surface area contributed by atoms with Crippen molar-refractivity contribution in [3.8, 4) is 11.1 Å². The number of benzene rings is 8. The SMILES string of the molecule is CC(C)(C)c1ccc(N2c3cc4c(cc3B3c5c2cc(N(c2ccc(-c6ccccc6)cc2)c2ccc(C6C=CC=CC6)cc2)cc5N(c2ccc(C(C)(C)C)cc2)c2oc5ccc(C(C)(C)C)cc5c23)C(C)(C)CCC4(C)C)cc1. The molecule has 0 saturated heterocycles. The van der Waals surface area contributed by atoms with Crippen molar-refractivity contribution in [2.45, 2.75) is 142 Å². The molecule has 81 heavy (non-hydrogen) atoms. The average molecular weight is 1060 g/mol. The number of allylic oxidation sites excluding steroid dienone is 4. The van der Waals surface area contributed by atoms with E-state index < -0.39 is 0 Å². The summed E-state index contributed by atoms with van der Waals surface area (Å²) in [6.45, 7) is 30.6. The van der Waals surface area contributed by atoms with Gasteiger partial charge in [0.25, 0.3) is 6.71 Å². The van der Waals surface area contributed by atoms with Gasteiger partial charge in [-0.3, -0.25) is 4.90 Å². The summed E-state index contributed by atoms with van der Waals surface area (Å²) in [4.78, 5) is 7.59. The molecule has 0 fully saturated rings. The van der Waals surface area contributed by atoms with Crippen LogP contribution in [0.3, 0.4) is 0 Å². The maximum Gasteiger partial charge on any atom is 0.257 e. The second kappa shape index (κ2) is 18.9. The van der Waals surface area contributed by atoms with E-state index in [1.165, 1.54) is 77.7 Å². The second-order valence-electron chi connectivity index (χ2n) is 28.1. The molecule has 0 N–H and O–H groups in total. The van der Waals surface area contributed by atoms with Gasteiger partial charge in [0.2, 0.25) is 5.88 Å². The summed E-state index contributed by atoms with van der Waals surface area (Å²) < 4.78 is 7.52. The number of nitrogens with zero attached hydrogens (tertiary/aromatic N) is 3. The smallest absolute Gasteiger partial charge is 0.257 e. The summed E-state index contributed by atoms with van der Waals surface area (Å²) >= 11 is 0. The Kier molecular flexibility index (Phi) is 12.3. The molecule has 1 atom stereocenters. The van der Waals surface area contributed by atoms with Crippen LogP contribution in [0.2, 0.25) is 0 Å². The summed E-state index contributed by atoms with van der Waals surface area (Å²) in [7, 11) is 0. The zero-order valence-corrected chi connectivity index (χ0v) is 50.0. The van der Waals surface area contributed by atoms with E-state index in [0.29, 0.717) is 5.92 Å². The first-order chi connectivity index (χ1) is 38.5. The first kappa shape index (κ1) is 52.6. The van der Waals surface area contributed by atoms with Crippen molar-refractivity contribution in [1.82, 2.24) is 0 Å². The van der Waals surface area contributed by atoms with E-state index >= 15 is 0 Å². The van der Waals surface area contributed by atoms with Crippen molar-refractivity contribution in [1.29, 1.82) is 0 Å². The third-order valence-corrected chi connectivity index (χ3v) is 18.5. The number of hydrogen-bond acceptors (Lipinski definition) is 4. The van der Waals surface area contributed by atoms with Gasteiger partial charge in [-0.05, 0) is 181 Å². The van der Waals surface area contributed by atoms with Gasteiger partial charge in [0.1, 0.15) is 5.58 Å². The quantitative estimate of drug-likeness (QED) is 0.148. The standard InChI is InChI=1S/C76H78BN3O/c1-72(2,3)53-28-37-58(38-29-53)79-65-48-63-62(75(10,11)42-43-76(63,12)13)47-64(65)77-69-61-44-55(74(7,8)9)32-41-68(61)81-71(69)80(59-39-30-54(31-40-59)73(4,5)6)67-46-60(45-66(79)70(67)77)78(56-33-24-51(25-34-56)49-20-16-14-17-21-49)57-35-26-52(27-36-57)50-22-18-15-19-23-50/h14-22,24-41,44-48,50H,23,42-43H2,1-13H3. The van der Waals surface area contributed by atoms with E-state index in [1.807, 2.05) is 0 Å². The molecular formula is C76H78BN3O. The number of anilines is 9. The fourth-order valence-electron chi connectivity index (χ4n) is 13.5. The first-order valence-electron chi connectivity index (χ1n) is 29.7. The molecule has 0 radical (unpaired) electrons. The van der Waals surface area contributed by atoms with Gasteiger partial charge in [-0.15, -0.1) is 0 Å². The molecule has 1 unspecified atom stereocenters. The van der Waals surface area contributed by atoms with Crippen LogP contribution in [-0.2, 0) is 27.1 Å². The molecule has 3 heterocycles. The molecule has 4 aliphatic rings. The van der Waals surface area contributed by atoms with Gasteiger partial charge in [-0.25, -0.2) is 0 Å². The van der Waals surface area contributed by atoms with Crippen molar-refractivity contribution >= 4 is 85.5 Å². The Morgan fingerprint density at radius 1 is 0.494 bits per heavy atom. The number of fused-ring (bicyclic) bond motifs is 7. The lowest BCUT2D eigenvalue weighted by molar-refractivity contribution is 0.332. The average Bonchev–Trinajstić information content (AvgIpc) is 2.90. The van der Waals surface area contributed by atoms with Gasteiger partial charge >= 0.3 is 0 Å². The highest BCUT2D eigenvalue weighted by Gasteiger charge is 2.49. The molecule has 0 spiro atoms. The van der Waals surface area contributed by atoms with Gasteiger partial charge in [0, 0.05) is 56.6 Å². The molecule has 0 amide bonds. The van der Waals surface area contributed by atoms with Gasteiger partial charge in [-0.2, -0.15) is 0 Å². The van der Waals surface area contributed by atoms with Crippen molar-refractivity contribution in [3.63, 3.8) is 0 Å². The minimum atomic E-state index is -0.151. The zero-order chi connectivity index (χ0) is 56.5. The fraction of sp³-hybridized carbons (Fsp3) is 0.289. The van der Waals surface area contributed by atoms with Crippen LogP contribution >= 0.6 is 0 Å². The Balaban J connectivity index is 1.15. The zero-order valence-electron chi connectivity index (χ0n) is 50.0. The van der Waals surface area contributed by atoms with Gasteiger partial charge in [0.15, 0.2) is 0 Å². The molecule has 406 valence electrons. The van der Waals surface area contributed by atoms with Crippen molar-refractivity contribution < 1.29 is 4.42 Å². The lowest BCUT2D eigenvalue weighted by atomic mass is 9.33. The molecule has 4 nitrogen and oxygen atoms in total.